The Morgan fingerprint density at radius 3 is 1.19 bits per heavy atom. The van der Waals surface area contributed by atoms with Crippen molar-refractivity contribution < 1.29 is 44.2 Å². The Morgan fingerprint density at radius 2 is 0.809 bits per heavy atom. The van der Waals surface area contributed by atoms with Gasteiger partial charge in [0.05, 0.1) is 19.8 Å². The van der Waals surface area contributed by atoms with E-state index in [0.29, 0.717) is 13.0 Å². The van der Waals surface area contributed by atoms with E-state index < -0.39 is 43.4 Å². The van der Waals surface area contributed by atoms with Crippen molar-refractivity contribution in [2.45, 2.75) is 320 Å². The molecule has 6 atom stereocenters. The molecule has 68 heavy (non-hydrogen) atoms. The highest BCUT2D eigenvalue weighted by Crippen LogP contribution is 2.23. The molecule has 9 nitrogen and oxygen atoms in total. The summed E-state index contributed by atoms with van der Waals surface area (Å²) >= 11 is 0. The Hall–Kier alpha value is -1.33. The van der Waals surface area contributed by atoms with E-state index >= 15 is 0 Å². The zero-order chi connectivity index (χ0) is 49.2. The minimum Gasteiger partial charge on any atom is -0.457 e. The van der Waals surface area contributed by atoms with E-state index in [1.165, 1.54) is 231 Å². The lowest BCUT2D eigenvalue weighted by Gasteiger charge is -2.39. The fourth-order valence-corrected chi connectivity index (χ4v) is 9.25. The van der Waals surface area contributed by atoms with E-state index in [9.17, 15) is 25.2 Å². The number of rotatable bonds is 52. The summed E-state index contributed by atoms with van der Waals surface area (Å²) in [6.07, 6.45) is 55.1. The Bertz CT molecular complexity index is 1100. The minimum absolute atomic E-state index is 0.110. The van der Waals surface area contributed by atoms with Gasteiger partial charge in [-0.2, -0.15) is 0 Å². The van der Waals surface area contributed by atoms with E-state index in [2.05, 4.69) is 38.2 Å². The molecule has 1 aliphatic heterocycles. The summed E-state index contributed by atoms with van der Waals surface area (Å²) in [5.41, 5.74) is 0. The van der Waals surface area contributed by atoms with E-state index in [1.807, 2.05) is 0 Å². The van der Waals surface area contributed by atoms with Crippen LogP contribution in [0.1, 0.15) is 284 Å². The number of hydrogen-bond acceptors (Lipinski definition) is 9. The normalized spacial score (nSPS) is 19.2. The second-order valence-corrected chi connectivity index (χ2v) is 20.4. The summed E-state index contributed by atoms with van der Waals surface area (Å²) in [7, 11) is 0. The molecule has 0 aromatic rings. The van der Waals surface area contributed by atoms with Crippen LogP contribution in [0, 0.1) is 0 Å². The van der Waals surface area contributed by atoms with Crippen LogP contribution < -0.4 is 0 Å². The third-order valence-corrected chi connectivity index (χ3v) is 13.8. The highest BCUT2D eigenvalue weighted by Gasteiger charge is 2.44. The molecule has 1 saturated heterocycles. The molecule has 1 heterocycles. The lowest BCUT2D eigenvalue weighted by atomic mass is 9.99. The number of carbonyl (C=O) groups excluding carboxylic acids is 1. The summed E-state index contributed by atoms with van der Waals surface area (Å²) in [4.78, 5) is 12.9. The molecule has 0 amide bonds. The number of esters is 1. The van der Waals surface area contributed by atoms with Crippen molar-refractivity contribution in [2.24, 2.45) is 0 Å². The van der Waals surface area contributed by atoms with Gasteiger partial charge in [-0.05, 0) is 64.2 Å². The van der Waals surface area contributed by atoms with Gasteiger partial charge in [-0.15, -0.1) is 0 Å². The maximum Gasteiger partial charge on any atom is 0.306 e. The summed E-state index contributed by atoms with van der Waals surface area (Å²) in [6.45, 7) is 4.61. The molecule has 6 unspecified atom stereocenters. The first-order valence-corrected chi connectivity index (χ1v) is 29.4. The second kappa shape index (κ2) is 50.6. The van der Waals surface area contributed by atoms with Crippen LogP contribution in [0.3, 0.4) is 0 Å². The van der Waals surface area contributed by atoms with Gasteiger partial charge < -0.3 is 39.4 Å². The van der Waals surface area contributed by atoms with Crippen LogP contribution in [0.4, 0.5) is 0 Å². The summed E-state index contributed by atoms with van der Waals surface area (Å²) < 4.78 is 23.0. The van der Waals surface area contributed by atoms with Crippen molar-refractivity contribution >= 4 is 5.97 Å². The lowest BCUT2D eigenvalue weighted by molar-refractivity contribution is -0.305. The molecule has 402 valence electrons. The number of carbonyl (C=O) groups is 1. The number of ether oxygens (including phenoxy) is 4. The van der Waals surface area contributed by atoms with Crippen molar-refractivity contribution in [3.63, 3.8) is 0 Å². The van der Waals surface area contributed by atoms with Gasteiger partial charge in [-0.25, -0.2) is 0 Å². The van der Waals surface area contributed by atoms with Crippen LogP contribution in [0.2, 0.25) is 0 Å². The number of hydrogen-bond donors (Lipinski definition) is 4. The first kappa shape index (κ1) is 64.7. The third kappa shape index (κ3) is 40.3. The maximum atomic E-state index is 12.9. The van der Waals surface area contributed by atoms with E-state index in [4.69, 9.17) is 18.9 Å². The Kier molecular flexibility index (Phi) is 48.1. The number of unbranched alkanes of at least 4 members (excludes halogenated alkanes) is 37. The molecule has 1 fully saturated rings. The zero-order valence-electron chi connectivity index (χ0n) is 44.6. The van der Waals surface area contributed by atoms with Gasteiger partial charge in [-0.1, -0.05) is 237 Å². The average Bonchev–Trinajstić information content (AvgIpc) is 3.34. The van der Waals surface area contributed by atoms with Gasteiger partial charge in [0, 0.05) is 13.0 Å². The fraction of sp³-hybridized carbons (Fsp3) is 0.915. The average molecular weight is 966 g/mol. The molecule has 0 aromatic carbocycles. The number of aliphatic hydroxyl groups is 4. The van der Waals surface area contributed by atoms with Crippen molar-refractivity contribution in [1.82, 2.24) is 0 Å². The summed E-state index contributed by atoms with van der Waals surface area (Å²) in [5.74, 6) is -0.309. The van der Waals surface area contributed by atoms with Crippen LogP contribution in [-0.4, -0.2) is 89.6 Å². The molecule has 0 bridgehead atoms. The molecule has 4 N–H and O–H groups in total. The van der Waals surface area contributed by atoms with Crippen molar-refractivity contribution in [2.75, 3.05) is 26.4 Å². The van der Waals surface area contributed by atoms with Gasteiger partial charge in [0.25, 0.3) is 0 Å². The molecular weight excluding hydrogens is 853 g/mol. The molecule has 1 aliphatic rings. The molecule has 1 rings (SSSR count). The van der Waals surface area contributed by atoms with E-state index in [0.717, 1.165) is 32.1 Å². The van der Waals surface area contributed by atoms with E-state index in [1.54, 1.807) is 0 Å². The van der Waals surface area contributed by atoms with E-state index in [-0.39, 0.29) is 19.2 Å². The monoisotopic (exact) mass is 965 g/mol. The van der Waals surface area contributed by atoms with Crippen LogP contribution in [-0.2, 0) is 23.7 Å². The first-order valence-electron chi connectivity index (χ1n) is 29.4. The quantitative estimate of drug-likeness (QED) is 0.0267. The smallest absolute Gasteiger partial charge is 0.306 e. The van der Waals surface area contributed by atoms with Crippen molar-refractivity contribution in [3.8, 4) is 0 Å². The Balaban J connectivity index is 2.14. The number of aliphatic hydroxyl groups excluding tert-OH is 4. The lowest BCUT2D eigenvalue weighted by Crippen LogP contribution is -2.59. The fourth-order valence-electron chi connectivity index (χ4n) is 9.25. The van der Waals surface area contributed by atoms with Crippen LogP contribution >= 0.6 is 0 Å². The predicted molar refractivity (Wildman–Crippen MR) is 284 cm³/mol. The second-order valence-electron chi connectivity index (χ2n) is 20.4. The minimum atomic E-state index is -1.54. The van der Waals surface area contributed by atoms with Crippen LogP contribution in [0.15, 0.2) is 24.3 Å². The summed E-state index contributed by atoms with van der Waals surface area (Å²) in [6, 6.07) is 0. The third-order valence-electron chi connectivity index (χ3n) is 13.8. The van der Waals surface area contributed by atoms with Crippen LogP contribution in [0.25, 0.3) is 0 Å². The van der Waals surface area contributed by atoms with Gasteiger partial charge in [0.2, 0.25) is 0 Å². The highest BCUT2D eigenvalue weighted by molar-refractivity contribution is 5.69. The van der Waals surface area contributed by atoms with Gasteiger partial charge >= 0.3 is 5.97 Å². The Labute approximate surface area is 419 Å². The SMILES string of the molecule is CCCCCCCCCC/C=C\CCCCCCCCCCCCCC(=O)OC(COCCCCCCCCCCCC/C=C\CCCCCCCCCC)COC1OC(CO)C(O)C(O)C1O. The van der Waals surface area contributed by atoms with Gasteiger partial charge in [0.15, 0.2) is 6.29 Å². The standard InChI is InChI=1S/C59H112O9/c1-3-5-7-9-11-13-15-17-19-21-23-25-27-28-30-32-34-36-38-40-42-44-46-48-55(61)67-53(52-66-59-58(64)57(63)56(62)54(50-60)68-59)51-65-49-47-45-43-41-39-37-35-33-31-29-26-24-22-20-18-16-14-12-10-8-6-4-2/h21-24,53-54,56-60,62-64H,3-20,25-52H2,1-2H3/b23-21-,24-22-. The first-order chi connectivity index (χ1) is 33.4. The largest absolute Gasteiger partial charge is 0.457 e. The number of allylic oxidation sites excluding steroid dienone is 4. The molecule has 9 heteroatoms. The summed E-state index contributed by atoms with van der Waals surface area (Å²) in [5, 5.41) is 40.4. The van der Waals surface area contributed by atoms with Gasteiger partial charge in [-0.3, -0.25) is 4.79 Å². The molecule has 0 aromatic heterocycles. The maximum absolute atomic E-state index is 12.9. The van der Waals surface area contributed by atoms with Crippen molar-refractivity contribution in [3.05, 3.63) is 24.3 Å². The molecule has 0 spiro atoms. The predicted octanol–water partition coefficient (Wildman–Crippen LogP) is 15.3. The van der Waals surface area contributed by atoms with Crippen LogP contribution in [0.5, 0.6) is 0 Å². The Morgan fingerprint density at radius 1 is 0.456 bits per heavy atom. The molecule has 0 aliphatic carbocycles. The zero-order valence-corrected chi connectivity index (χ0v) is 44.6. The van der Waals surface area contributed by atoms with Gasteiger partial charge in [0.1, 0.15) is 30.5 Å². The highest BCUT2D eigenvalue weighted by atomic mass is 16.7. The molecular formula is C59H112O9. The van der Waals surface area contributed by atoms with Crippen molar-refractivity contribution in [1.29, 1.82) is 0 Å². The molecule has 0 saturated carbocycles. The molecule has 0 radical (unpaired) electrons. The topological polar surface area (TPSA) is 135 Å².